The average Bonchev–Trinajstić information content (AvgIpc) is 3.02. The molecule has 0 spiro atoms. The number of pyridine rings is 1. The second kappa shape index (κ2) is 9.10. The lowest BCUT2D eigenvalue weighted by molar-refractivity contribution is 0.619. The first kappa shape index (κ1) is 23.5. The molecule has 0 aliphatic carbocycles. The van der Waals surface area contributed by atoms with Gasteiger partial charge in [-0.05, 0) is 86.6 Å². The minimum absolute atomic E-state index is 0.286. The van der Waals surface area contributed by atoms with Crippen molar-refractivity contribution in [2.45, 2.75) is 0 Å². The van der Waals surface area contributed by atoms with Gasteiger partial charge in [-0.3, -0.25) is 4.98 Å². The van der Waals surface area contributed by atoms with Gasteiger partial charge in [0.15, 0.2) is 0 Å². The molecule has 0 aliphatic rings. The van der Waals surface area contributed by atoms with Crippen molar-refractivity contribution in [2.24, 2.45) is 0 Å². The van der Waals surface area contributed by atoms with Crippen molar-refractivity contribution < 1.29 is 8.78 Å². The molecule has 0 atom stereocenters. The molecule has 8 rings (SSSR count). The minimum atomic E-state index is -0.423. The Hall–Kier alpha value is -5.35. The van der Waals surface area contributed by atoms with Gasteiger partial charge < -0.3 is 4.90 Å². The van der Waals surface area contributed by atoms with Crippen LogP contribution in [0.4, 0.5) is 25.8 Å². The summed E-state index contributed by atoms with van der Waals surface area (Å²) in [6.45, 7) is 0. The Morgan fingerprint density at radius 1 is 0.512 bits per heavy atom. The smallest absolute Gasteiger partial charge is 0.147 e. The fourth-order valence-electron chi connectivity index (χ4n) is 6.14. The maximum atomic E-state index is 15.0. The van der Waals surface area contributed by atoms with E-state index in [1.165, 1.54) is 33.7 Å². The minimum Gasteiger partial charge on any atom is -0.305 e. The third-order valence-electron chi connectivity index (χ3n) is 7.97. The molecule has 0 saturated carbocycles. The summed E-state index contributed by atoms with van der Waals surface area (Å²) >= 11 is 0. The van der Waals surface area contributed by atoms with E-state index in [0.29, 0.717) is 5.69 Å². The standard InChI is InChI=1S/C37H22F2N2/c38-31-7-1-3-9-33(31)41(34-10-4-2-8-32(34)39)27-16-11-23(12-17-27)28-18-13-24-14-20-30-36-25(15-19-29(28)35(24)36)22-26-6-5-21-40-37(26)30/h1-22H. The summed E-state index contributed by atoms with van der Waals surface area (Å²) in [5, 5.41) is 8.24. The molecule has 7 aromatic carbocycles. The fraction of sp³-hybridized carbons (Fsp3) is 0. The number of para-hydroxylation sites is 2. The van der Waals surface area contributed by atoms with Crippen molar-refractivity contribution in [3.63, 3.8) is 0 Å². The largest absolute Gasteiger partial charge is 0.305 e. The van der Waals surface area contributed by atoms with Crippen molar-refractivity contribution in [2.75, 3.05) is 4.90 Å². The predicted molar refractivity (Wildman–Crippen MR) is 165 cm³/mol. The lowest BCUT2D eigenvalue weighted by Gasteiger charge is -2.26. The van der Waals surface area contributed by atoms with Gasteiger partial charge in [0, 0.05) is 22.7 Å². The van der Waals surface area contributed by atoms with Crippen LogP contribution < -0.4 is 4.90 Å². The molecule has 8 aromatic rings. The van der Waals surface area contributed by atoms with E-state index in [9.17, 15) is 8.78 Å². The van der Waals surface area contributed by atoms with Crippen molar-refractivity contribution in [3.05, 3.63) is 145 Å². The van der Waals surface area contributed by atoms with Gasteiger partial charge in [0.25, 0.3) is 0 Å². The van der Waals surface area contributed by atoms with Crippen molar-refractivity contribution >= 4 is 60.3 Å². The summed E-state index contributed by atoms with van der Waals surface area (Å²) in [6, 6.07) is 40.1. The van der Waals surface area contributed by atoms with Crippen LogP contribution in [-0.4, -0.2) is 4.98 Å². The van der Waals surface area contributed by atoms with E-state index in [1.807, 2.05) is 36.5 Å². The van der Waals surface area contributed by atoms with E-state index in [1.54, 1.807) is 41.3 Å². The van der Waals surface area contributed by atoms with Crippen LogP contribution in [0, 0.1) is 11.6 Å². The van der Waals surface area contributed by atoms with Gasteiger partial charge in [-0.15, -0.1) is 0 Å². The van der Waals surface area contributed by atoms with Crippen molar-refractivity contribution in [3.8, 4) is 11.1 Å². The van der Waals surface area contributed by atoms with Gasteiger partial charge >= 0.3 is 0 Å². The number of halogens is 2. The maximum Gasteiger partial charge on any atom is 0.147 e. The monoisotopic (exact) mass is 532 g/mol. The van der Waals surface area contributed by atoms with Crippen LogP contribution in [0.25, 0.3) is 54.3 Å². The fourth-order valence-corrected chi connectivity index (χ4v) is 6.14. The SMILES string of the molecule is Fc1ccccc1N(c1ccc(-c2ccc3ccc4c5ncccc5cc5ccc2c3c54)cc1)c1ccccc1F. The first-order valence-corrected chi connectivity index (χ1v) is 13.5. The predicted octanol–water partition coefficient (Wildman–Crippen LogP) is 10.5. The first-order valence-electron chi connectivity index (χ1n) is 13.5. The van der Waals surface area contributed by atoms with E-state index in [0.717, 1.165) is 32.8 Å². The van der Waals surface area contributed by atoms with Crippen LogP contribution in [0.3, 0.4) is 0 Å². The van der Waals surface area contributed by atoms with Crippen LogP contribution in [0.5, 0.6) is 0 Å². The van der Waals surface area contributed by atoms with Gasteiger partial charge in [0.1, 0.15) is 11.6 Å². The second-order valence-electron chi connectivity index (χ2n) is 10.3. The molecule has 41 heavy (non-hydrogen) atoms. The normalized spacial score (nSPS) is 11.7. The Balaban J connectivity index is 1.30. The number of nitrogens with zero attached hydrogens (tertiary/aromatic N) is 2. The van der Waals surface area contributed by atoms with Gasteiger partial charge in [-0.2, -0.15) is 0 Å². The van der Waals surface area contributed by atoms with Crippen LogP contribution >= 0.6 is 0 Å². The van der Waals surface area contributed by atoms with Crippen LogP contribution in [0.1, 0.15) is 0 Å². The highest BCUT2D eigenvalue weighted by molar-refractivity contribution is 6.29. The molecule has 0 N–H and O–H groups in total. The molecule has 0 unspecified atom stereocenters. The zero-order valence-corrected chi connectivity index (χ0v) is 21.9. The summed E-state index contributed by atoms with van der Waals surface area (Å²) in [6.07, 6.45) is 1.85. The molecule has 0 aliphatic heterocycles. The van der Waals surface area contributed by atoms with Crippen molar-refractivity contribution in [1.82, 2.24) is 4.98 Å². The van der Waals surface area contributed by atoms with E-state index >= 15 is 0 Å². The van der Waals surface area contributed by atoms with Gasteiger partial charge in [-0.25, -0.2) is 8.78 Å². The topological polar surface area (TPSA) is 16.1 Å². The van der Waals surface area contributed by atoms with Gasteiger partial charge in [0.05, 0.1) is 16.9 Å². The molecule has 194 valence electrons. The summed E-state index contributed by atoms with van der Waals surface area (Å²) in [4.78, 5) is 6.32. The average molecular weight is 533 g/mol. The zero-order valence-electron chi connectivity index (χ0n) is 21.9. The lowest BCUT2D eigenvalue weighted by Crippen LogP contribution is -2.13. The van der Waals surface area contributed by atoms with E-state index < -0.39 is 11.6 Å². The number of benzene rings is 7. The zero-order chi connectivity index (χ0) is 27.5. The summed E-state index contributed by atoms with van der Waals surface area (Å²) < 4.78 is 30.0. The highest BCUT2D eigenvalue weighted by atomic mass is 19.1. The van der Waals surface area contributed by atoms with Gasteiger partial charge in [0.2, 0.25) is 0 Å². The number of hydrogen-bond acceptors (Lipinski definition) is 2. The lowest BCUT2D eigenvalue weighted by atomic mass is 9.89. The molecule has 0 radical (unpaired) electrons. The molecular formula is C37H22F2N2. The second-order valence-corrected chi connectivity index (χ2v) is 10.3. The quantitative estimate of drug-likeness (QED) is 0.166. The molecule has 0 bridgehead atoms. The molecule has 4 heteroatoms. The molecule has 1 aromatic heterocycles. The first-order chi connectivity index (χ1) is 20.2. The molecule has 2 nitrogen and oxygen atoms in total. The molecule has 0 amide bonds. The van der Waals surface area contributed by atoms with E-state index in [2.05, 4.69) is 48.5 Å². The Labute approximate surface area is 235 Å². The summed E-state index contributed by atoms with van der Waals surface area (Å²) in [5.74, 6) is -0.845. The van der Waals surface area contributed by atoms with E-state index in [4.69, 9.17) is 4.98 Å². The Morgan fingerprint density at radius 2 is 1.15 bits per heavy atom. The number of anilines is 3. The third-order valence-corrected chi connectivity index (χ3v) is 7.97. The van der Waals surface area contributed by atoms with Crippen LogP contribution in [0.15, 0.2) is 134 Å². The van der Waals surface area contributed by atoms with Gasteiger partial charge in [-0.1, -0.05) is 78.9 Å². The summed E-state index contributed by atoms with van der Waals surface area (Å²) in [5.41, 5.74) is 4.37. The number of rotatable bonds is 4. The molecule has 0 saturated heterocycles. The Bertz CT molecular complexity index is 2190. The van der Waals surface area contributed by atoms with Crippen LogP contribution in [0.2, 0.25) is 0 Å². The molecule has 1 heterocycles. The highest BCUT2D eigenvalue weighted by Crippen LogP contribution is 2.43. The maximum absolute atomic E-state index is 15.0. The Kier molecular flexibility index (Phi) is 5.22. The van der Waals surface area contributed by atoms with Crippen molar-refractivity contribution in [1.29, 1.82) is 0 Å². The number of fused-ring (bicyclic) bond motifs is 2. The highest BCUT2D eigenvalue weighted by Gasteiger charge is 2.20. The third kappa shape index (κ3) is 3.65. The number of aromatic nitrogens is 1. The molecular weight excluding hydrogens is 510 g/mol. The molecule has 0 fully saturated rings. The van der Waals surface area contributed by atoms with Crippen LogP contribution in [-0.2, 0) is 0 Å². The summed E-state index contributed by atoms with van der Waals surface area (Å²) in [7, 11) is 0. The Morgan fingerprint density at radius 3 is 1.88 bits per heavy atom. The number of hydrogen-bond donors (Lipinski definition) is 0. The van der Waals surface area contributed by atoms with E-state index in [-0.39, 0.29) is 11.4 Å².